The molecule has 5 unspecified atom stereocenters. The van der Waals surface area contributed by atoms with E-state index in [4.69, 9.17) is 23.7 Å². The fourth-order valence-electron chi connectivity index (χ4n) is 9.46. The summed E-state index contributed by atoms with van der Waals surface area (Å²) in [4.78, 5) is 27.9. The van der Waals surface area contributed by atoms with Crippen LogP contribution in [0.25, 0.3) is 42.0 Å². The van der Waals surface area contributed by atoms with Gasteiger partial charge in [-0.1, -0.05) is 121 Å². The van der Waals surface area contributed by atoms with Crippen LogP contribution in [-0.4, -0.2) is 47.4 Å². The largest absolute Gasteiger partial charge is 0.374 e. The molecule has 5 atom stereocenters. The van der Waals surface area contributed by atoms with Crippen LogP contribution in [-0.2, 0) is 50.1 Å². The second-order valence-corrected chi connectivity index (χ2v) is 17.9. The number of hydrogen-bond acceptors (Lipinski definition) is 8. The molecular weight excluding hydrogens is 897 g/mol. The average Bonchev–Trinajstić information content (AvgIpc) is 3.98. The minimum atomic E-state index is -1.29. The summed E-state index contributed by atoms with van der Waals surface area (Å²) in [6, 6.07) is 42.2. The lowest BCUT2D eigenvalue weighted by Crippen LogP contribution is -2.59. The maximum Gasteiger partial charge on any atom is 0.259 e. The summed E-state index contributed by atoms with van der Waals surface area (Å²) in [7, 11) is 0. The van der Waals surface area contributed by atoms with Crippen LogP contribution in [0.3, 0.4) is 0 Å². The van der Waals surface area contributed by atoms with Crippen LogP contribution in [0.4, 0.5) is 17.6 Å². The molecule has 9 aromatic rings. The van der Waals surface area contributed by atoms with Crippen molar-refractivity contribution in [1.29, 1.82) is 0 Å². The van der Waals surface area contributed by atoms with Crippen LogP contribution >= 0.6 is 11.3 Å². The summed E-state index contributed by atoms with van der Waals surface area (Å²) >= 11 is 1.04. The number of amides is 2. The molecular formula is C54H40F4N2O7S. The Hall–Kier alpha value is -6.78. The number of rotatable bonds is 14. The normalized spacial score (nSPS) is 19.4. The van der Waals surface area contributed by atoms with Gasteiger partial charge in [0.2, 0.25) is 0 Å². The summed E-state index contributed by atoms with van der Waals surface area (Å²) in [5.41, 5.74) is 3.53. The highest BCUT2D eigenvalue weighted by molar-refractivity contribution is 7.26. The molecule has 0 saturated carbocycles. The van der Waals surface area contributed by atoms with E-state index in [0.29, 0.717) is 4.70 Å². The minimum Gasteiger partial charge on any atom is -0.374 e. The van der Waals surface area contributed by atoms with Gasteiger partial charge in [-0.3, -0.25) is 14.9 Å². The molecule has 14 heteroatoms. The van der Waals surface area contributed by atoms with E-state index in [1.54, 1.807) is 4.57 Å². The highest BCUT2D eigenvalue weighted by atomic mass is 32.1. The van der Waals surface area contributed by atoms with E-state index in [-0.39, 0.29) is 81.4 Å². The molecule has 11 rings (SSSR count). The van der Waals surface area contributed by atoms with Gasteiger partial charge in [-0.2, -0.15) is 0 Å². The lowest BCUT2D eigenvalue weighted by atomic mass is 9.95. The molecule has 1 fully saturated rings. The zero-order chi connectivity index (χ0) is 46.5. The predicted octanol–water partition coefficient (Wildman–Crippen LogP) is 11.5. The van der Waals surface area contributed by atoms with Gasteiger partial charge in [-0.25, -0.2) is 17.6 Å². The van der Waals surface area contributed by atoms with Crippen LogP contribution in [0.1, 0.15) is 49.2 Å². The standard InChI is InChI=1S/C54H40F4N2O7S/c55-36-21-34-40(23-38(36)57)60(47-43(34)45-46(53(62)59-52(45)61)44-35-22-37(56)39(58)24-42(35)68-51(44)47)54-50(66-28-33-19-11-4-12-20-33)49(65-27-32-17-9-3-10-18-32)48(64-26-31-15-7-2-8-16-31)41(67-54)29-63-25-30-13-5-1-6-14-30/h1-24,41,48-50,54H,25-29H2,(H,59,61,62). The van der Waals surface area contributed by atoms with Crippen molar-refractivity contribution in [2.45, 2.75) is 57.1 Å². The Labute approximate surface area is 390 Å². The van der Waals surface area contributed by atoms with Crippen LogP contribution in [0.15, 0.2) is 146 Å². The molecule has 0 radical (unpaired) electrons. The van der Waals surface area contributed by atoms with Crippen molar-refractivity contribution >= 4 is 65.1 Å². The summed E-state index contributed by atoms with van der Waals surface area (Å²) < 4.78 is 98.7. The Balaban J connectivity index is 1.17. The summed E-state index contributed by atoms with van der Waals surface area (Å²) in [6.45, 7) is 0.471. The number of nitrogens with zero attached hydrogens (tertiary/aromatic N) is 1. The molecule has 342 valence electrons. The molecule has 68 heavy (non-hydrogen) atoms. The molecule has 2 amide bonds. The highest BCUT2D eigenvalue weighted by Crippen LogP contribution is 2.50. The second-order valence-electron chi connectivity index (χ2n) is 16.8. The Bertz CT molecular complexity index is 3350. The van der Waals surface area contributed by atoms with Crippen molar-refractivity contribution in [3.8, 4) is 0 Å². The van der Waals surface area contributed by atoms with Gasteiger partial charge < -0.3 is 28.3 Å². The number of hydrogen-bond donors (Lipinski definition) is 1. The first-order valence-corrected chi connectivity index (χ1v) is 22.8. The number of carbonyl (C=O) groups excluding carboxylic acids is 2. The van der Waals surface area contributed by atoms with Crippen molar-refractivity contribution in [3.63, 3.8) is 0 Å². The van der Waals surface area contributed by atoms with E-state index in [9.17, 15) is 9.59 Å². The third kappa shape index (κ3) is 8.02. The number of imide groups is 1. The number of fused-ring (bicyclic) bond motifs is 10. The van der Waals surface area contributed by atoms with Gasteiger partial charge in [0.05, 0.1) is 59.9 Å². The monoisotopic (exact) mass is 936 g/mol. The van der Waals surface area contributed by atoms with Crippen LogP contribution in [0.2, 0.25) is 0 Å². The third-order valence-electron chi connectivity index (χ3n) is 12.5. The lowest BCUT2D eigenvalue weighted by Gasteiger charge is -2.47. The topological polar surface area (TPSA) is 97.3 Å². The molecule has 1 saturated heterocycles. The molecule has 0 bridgehead atoms. The highest BCUT2D eigenvalue weighted by Gasteiger charge is 2.51. The molecule has 0 aliphatic carbocycles. The Morgan fingerprint density at radius 2 is 1.01 bits per heavy atom. The van der Waals surface area contributed by atoms with Crippen LogP contribution in [0, 0.1) is 23.3 Å². The van der Waals surface area contributed by atoms with Crippen molar-refractivity contribution in [2.24, 2.45) is 0 Å². The Morgan fingerprint density at radius 3 is 1.59 bits per heavy atom. The van der Waals surface area contributed by atoms with Crippen molar-refractivity contribution in [1.82, 2.24) is 9.88 Å². The number of nitrogens with one attached hydrogen (secondary N) is 1. The van der Waals surface area contributed by atoms with Gasteiger partial charge >= 0.3 is 0 Å². The zero-order valence-electron chi connectivity index (χ0n) is 36.0. The van der Waals surface area contributed by atoms with Gasteiger partial charge in [-0.15, -0.1) is 11.3 Å². The molecule has 7 aromatic carbocycles. The third-order valence-corrected chi connectivity index (χ3v) is 13.7. The summed E-state index contributed by atoms with van der Waals surface area (Å²) in [6.07, 6.45) is -5.17. The SMILES string of the molecule is O=C1NC(=O)c2c1c1c3cc(F)c(F)cc3sc1c1c2c2cc(F)c(F)cc2n1C1OC(COCc2ccccc2)C(OCc2ccccc2)C(OCc2ccccc2)C1OCc1ccccc1. The summed E-state index contributed by atoms with van der Waals surface area (Å²) in [5, 5.41) is 2.91. The van der Waals surface area contributed by atoms with Crippen molar-refractivity contribution < 1.29 is 50.8 Å². The molecule has 2 aliphatic heterocycles. The first-order chi connectivity index (χ1) is 33.2. The van der Waals surface area contributed by atoms with Crippen molar-refractivity contribution in [3.05, 3.63) is 202 Å². The van der Waals surface area contributed by atoms with Crippen molar-refractivity contribution in [2.75, 3.05) is 6.61 Å². The van der Waals surface area contributed by atoms with E-state index in [0.717, 1.165) is 57.9 Å². The molecule has 2 aromatic heterocycles. The Morgan fingerprint density at radius 1 is 0.544 bits per heavy atom. The van der Waals surface area contributed by atoms with E-state index in [1.807, 2.05) is 121 Å². The zero-order valence-corrected chi connectivity index (χ0v) is 36.8. The number of halogens is 4. The number of ether oxygens (including phenoxy) is 5. The smallest absolute Gasteiger partial charge is 0.259 e. The molecule has 2 aliphatic rings. The Kier molecular flexibility index (Phi) is 11.8. The number of benzene rings is 7. The molecule has 4 heterocycles. The first-order valence-electron chi connectivity index (χ1n) is 22.0. The molecule has 1 N–H and O–H groups in total. The summed E-state index contributed by atoms with van der Waals surface area (Å²) in [5.74, 6) is -6.26. The molecule has 9 nitrogen and oxygen atoms in total. The van der Waals surface area contributed by atoms with Gasteiger partial charge in [0.25, 0.3) is 11.8 Å². The fraction of sp³-hybridized carbons (Fsp3) is 0.185. The maximum absolute atomic E-state index is 15.9. The van der Waals surface area contributed by atoms with E-state index in [1.165, 1.54) is 0 Å². The van der Waals surface area contributed by atoms with Gasteiger partial charge in [0, 0.05) is 32.3 Å². The van der Waals surface area contributed by atoms with E-state index >= 15 is 17.6 Å². The second kappa shape index (κ2) is 18.4. The van der Waals surface area contributed by atoms with E-state index < -0.39 is 65.7 Å². The maximum atomic E-state index is 15.9. The van der Waals surface area contributed by atoms with E-state index in [2.05, 4.69) is 5.32 Å². The first kappa shape index (κ1) is 43.8. The lowest BCUT2D eigenvalue weighted by molar-refractivity contribution is -0.288. The predicted molar refractivity (Wildman–Crippen MR) is 249 cm³/mol. The average molecular weight is 937 g/mol. The van der Waals surface area contributed by atoms with Crippen LogP contribution in [0.5, 0.6) is 0 Å². The number of carbonyl (C=O) groups is 2. The molecule has 0 spiro atoms. The quantitative estimate of drug-likeness (QED) is 0.0857. The van der Waals surface area contributed by atoms with Gasteiger partial charge in [0.1, 0.15) is 24.4 Å². The van der Waals surface area contributed by atoms with Crippen LogP contribution < -0.4 is 5.32 Å². The van der Waals surface area contributed by atoms with Gasteiger partial charge in [-0.05, 0) is 40.5 Å². The fourth-order valence-corrected chi connectivity index (χ4v) is 10.7. The number of thiophene rings is 1. The minimum absolute atomic E-state index is 0.0370. The number of aromatic nitrogens is 1. The van der Waals surface area contributed by atoms with Gasteiger partial charge in [0.15, 0.2) is 29.5 Å².